The summed E-state index contributed by atoms with van der Waals surface area (Å²) in [6.45, 7) is 1.44. The minimum absolute atomic E-state index is 0.0398. The number of carbonyl (C=O) groups excluding carboxylic acids is 3. The third-order valence-electron chi connectivity index (χ3n) is 7.79. The molecule has 0 unspecified atom stereocenters. The van der Waals surface area contributed by atoms with Gasteiger partial charge in [-0.05, 0) is 61.9 Å². The Morgan fingerprint density at radius 2 is 1.87 bits per heavy atom. The van der Waals surface area contributed by atoms with Crippen molar-refractivity contribution in [3.63, 3.8) is 0 Å². The smallest absolute Gasteiger partial charge is 0.419 e. The molecule has 11 heteroatoms. The van der Waals surface area contributed by atoms with Crippen molar-refractivity contribution in [2.24, 2.45) is 0 Å². The standard InChI is InChI=1S/C27H30F2N4O5/c1-37-25(34)24-23(17-7-10-20(28)21(29)14-17)33(27(36)38-24)26(35)31-18-11-13-32(15-18)19-8-5-16(6-9-19)22-4-2-3-12-30-22/h2-4,7,10,12,14,16,18-19,23-24H,5-6,8-9,11,13,15H2,1H3,(H,31,35)/t16?,18-,19?,23+,24-/m1/s1. The zero-order valence-electron chi connectivity index (χ0n) is 21.0. The molecule has 3 aliphatic rings. The average molecular weight is 529 g/mol. The number of urea groups is 1. The Labute approximate surface area is 219 Å². The first-order valence-corrected chi connectivity index (χ1v) is 12.8. The number of hydrogen-bond acceptors (Lipinski definition) is 7. The molecule has 3 heterocycles. The van der Waals surface area contributed by atoms with Gasteiger partial charge in [-0.3, -0.25) is 9.88 Å². The van der Waals surface area contributed by atoms with Gasteiger partial charge < -0.3 is 14.8 Å². The van der Waals surface area contributed by atoms with E-state index in [1.54, 1.807) is 0 Å². The first-order valence-electron chi connectivity index (χ1n) is 12.8. The molecular weight excluding hydrogens is 498 g/mol. The second-order valence-electron chi connectivity index (χ2n) is 10.0. The number of hydrogen-bond donors (Lipinski definition) is 1. The van der Waals surface area contributed by atoms with Gasteiger partial charge in [-0.2, -0.15) is 0 Å². The Morgan fingerprint density at radius 3 is 2.55 bits per heavy atom. The number of halogens is 2. The number of benzene rings is 1. The van der Waals surface area contributed by atoms with Crippen molar-refractivity contribution < 1.29 is 32.6 Å². The molecule has 0 spiro atoms. The van der Waals surface area contributed by atoms with Gasteiger partial charge in [-0.15, -0.1) is 0 Å². The van der Waals surface area contributed by atoms with E-state index in [9.17, 15) is 23.2 Å². The molecule has 9 nitrogen and oxygen atoms in total. The maximum Gasteiger partial charge on any atom is 0.419 e. The lowest BCUT2D eigenvalue weighted by Gasteiger charge is -2.34. The molecule has 1 N–H and O–H groups in total. The first-order chi connectivity index (χ1) is 18.4. The molecule has 2 saturated heterocycles. The summed E-state index contributed by atoms with van der Waals surface area (Å²) in [5.41, 5.74) is 1.17. The summed E-state index contributed by atoms with van der Waals surface area (Å²) in [6.07, 6.45) is 4.16. The van der Waals surface area contributed by atoms with Crippen molar-refractivity contribution in [1.29, 1.82) is 0 Å². The van der Waals surface area contributed by atoms with Crippen LogP contribution in [0, 0.1) is 11.6 Å². The average Bonchev–Trinajstić information content (AvgIpc) is 3.54. The third-order valence-corrected chi connectivity index (χ3v) is 7.79. The van der Waals surface area contributed by atoms with Crippen LogP contribution in [-0.2, 0) is 14.3 Å². The van der Waals surface area contributed by atoms with Crippen LogP contribution in [0.5, 0.6) is 0 Å². The Hall–Kier alpha value is -3.60. The van der Waals surface area contributed by atoms with Gasteiger partial charge in [0.15, 0.2) is 11.6 Å². The van der Waals surface area contributed by atoms with Crippen molar-refractivity contribution in [2.75, 3.05) is 20.2 Å². The lowest BCUT2D eigenvalue weighted by atomic mass is 9.83. The van der Waals surface area contributed by atoms with Crippen molar-refractivity contribution in [3.05, 3.63) is 65.5 Å². The van der Waals surface area contributed by atoms with Crippen LogP contribution in [0.4, 0.5) is 18.4 Å². The van der Waals surface area contributed by atoms with Crippen molar-refractivity contribution in [2.45, 2.75) is 62.3 Å². The Balaban J connectivity index is 1.23. The van der Waals surface area contributed by atoms with Gasteiger partial charge in [-0.25, -0.2) is 28.1 Å². The van der Waals surface area contributed by atoms with Crippen LogP contribution in [0.25, 0.3) is 0 Å². The molecule has 1 aromatic heterocycles. The van der Waals surface area contributed by atoms with Gasteiger partial charge in [0, 0.05) is 43.0 Å². The minimum atomic E-state index is -1.50. The number of imide groups is 1. The molecule has 38 heavy (non-hydrogen) atoms. The highest BCUT2D eigenvalue weighted by Crippen LogP contribution is 2.36. The maximum absolute atomic E-state index is 14.0. The lowest BCUT2D eigenvalue weighted by Crippen LogP contribution is -2.48. The molecule has 1 saturated carbocycles. The number of ether oxygens (including phenoxy) is 2. The monoisotopic (exact) mass is 528 g/mol. The number of carbonyl (C=O) groups is 3. The van der Waals surface area contributed by atoms with E-state index in [0.29, 0.717) is 24.9 Å². The number of nitrogens with zero attached hydrogens (tertiary/aromatic N) is 3. The topological polar surface area (TPSA) is 101 Å². The number of aromatic nitrogens is 1. The molecule has 3 amide bonds. The molecule has 0 bridgehead atoms. The van der Waals surface area contributed by atoms with Crippen molar-refractivity contribution in [1.82, 2.24) is 20.1 Å². The summed E-state index contributed by atoms with van der Waals surface area (Å²) in [5.74, 6) is -2.71. The zero-order valence-corrected chi connectivity index (χ0v) is 21.0. The second-order valence-corrected chi connectivity index (χ2v) is 10.0. The van der Waals surface area contributed by atoms with E-state index in [4.69, 9.17) is 9.47 Å². The number of pyridine rings is 1. The summed E-state index contributed by atoms with van der Waals surface area (Å²) in [7, 11) is 1.11. The van der Waals surface area contributed by atoms with E-state index in [1.807, 2.05) is 18.3 Å². The molecule has 2 aliphatic heterocycles. The summed E-state index contributed by atoms with van der Waals surface area (Å²) in [5, 5.41) is 2.87. The summed E-state index contributed by atoms with van der Waals surface area (Å²) >= 11 is 0. The Morgan fingerprint density at radius 1 is 1.08 bits per heavy atom. The summed E-state index contributed by atoms with van der Waals surface area (Å²) in [6, 6.07) is 7.07. The van der Waals surface area contributed by atoms with E-state index in [1.165, 1.54) is 6.07 Å². The Bertz CT molecular complexity index is 1190. The number of amides is 3. The molecular formula is C27H30F2N4O5. The SMILES string of the molecule is COC(=O)[C@@H]1OC(=O)N(C(=O)N[C@@H]2CCN(C3CCC(c4ccccn4)CC3)C2)[C@H]1c1ccc(F)c(F)c1. The fourth-order valence-electron chi connectivity index (χ4n) is 5.84. The predicted molar refractivity (Wildman–Crippen MR) is 131 cm³/mol. The van der Waals surface area contributed by atoms with Crippen LogP contribution >= 0.6 is 0 Å². The third kappa shape index (κ3) is 5.20. The first kappa shape index (κ1) is 26.0. The molecule has 202 valence electrons. The van der Waals surface area contributed by atoms with Gasteiger partial charge >= 0.3 is 18.1 Å². The van der Waals surface area contributed by atoms with Crippen LogP contribution in [0.15, 0.2) is 42.6 Å². The fraction of sp³-hybridized carbons (Fsp3) is 0.481. The highest BCUT2D eigenvalue weighted by Gasteiger charge is 2.51. The van der Waals surface area contributed by atoms with E-state index < -0.39 is 41.9 Å². The fourth-order valence-corrected chi connectivity index (χ4v) is 5.84. The summed E-state index contributed by atoms with van der Waals surface area (Å²) < 4.78 is 37.4. The van der Waals surface area contributed by atoms with Crippen LogP contribution in [0.2, 0.25) is 0 Å². The largest absolute Gasteiger partial charge is 0.466 e. The lowest BCUT2D eigenvalue weighted by molar-refractivity contribution is -0.150. The second kappa shape index (κ2) is 11.0. The van der Waals surface area contributed by atoms with Gasteiger partial charge in [-0.1, -0.05) is 12.1 Å². The predicted octanol–water partition coefficient (Wildman–Crippen LogP) is 3.91. The van der Waals surface area contributed by atoms with E-state index in [2.05, 4.69) is 21.3 Å². The maximum atomic E-state index is 14.0. The molecule has 3 atom stereocenters. The van der Waals surface area contributed by atoms with Gasteiger partial charge in [0.05, 0.1) is 7.11 Å². The van der Waals surface area contributed by atoms with Crippen LogP contribution in [0.3, 0.4) is 0 Å². The van der Waals surface area contributed by atoms with E-state index in [-0.39, 0.29) is 11.6 Å². The quantitative estimate of drug-likeness (QED) is 0.588. The summed E-state index contributed by atoms with van der Waals surface area (Å²) in [4.78, 5) is 45.8. The van der Waals surface area contributed by atoms with Gasteiger partial charge in [0.1, 0.15) is 6.04 Å². The van der Waals surface area contributed by atoms with Crippen molar-refractivity contribution >= 4 is 18.1 Å². The van der Waals surface area contributed by atoms with Gasteiger partial charge in [0.2, 0.25) is 6.10 Å². The molecule has 1 aliphatic carbocycles. The van der Waals surface area contributed by atoms with E-state index in [0.717, 1.165) is 62.1 Å². The zero-order chi connectivity index (χ0) is 26.8. The molecule has 2 aromatic rings. The van der Waals surface area contributed by atoms with Crippen molar-refractivity contribution in [3.8, 4) is 0 Å². The molecule has 5 rings (SSSR count). The minimum Gasteiger partial charge on any atom is -0.466 e. The number of nitrogens with one attached hydrogen (secondary N) is 1. The van der Waals surface area contributed by atoms with E-state index >= 15 is 0 Å². The van der Waals surface area contributed by atoms with Crippen LogP contribution < -0.4 is 5.32 Å². The molecule has 3 fully saturated rings. The highest BCUT2D eigenvalue weighted by atomic mass is 19.2. The number of cyclic esters (lactones) is 1. The normalized spacial score (nSPS) is 27.7. The Kier molecular flexibility index (Phi) is 7.55. The van der Waals surface area contributed by atoms with Crippen LogP contribution in [-0.4, -0.2) is 71.3 Å². The molecule has 1 aromatic carbocycles. The van der Waals surface area contributed by atoms with Gasteiger partial charge in [0.25, 0.3) is 0 Å². The number of likely N-dealkylation sites (tertiary alicyclic amines) is 1. The molecule has 0 radical (unpaired) electrons. The highest BCUT2D eigenvalue weighted by molar-refractivity contribution is 5.96. The number of rotatable bonds is 5. The van der Waals surface area contributed by atoms with Crippen LogP contribution in [0.1, 0.15) is 55.3 Å². The number of methoxy groups -OCH3 is 1. The number of esters is 1.